The summed E-state index contributed by atoms with van der Waals surface area (Å²) in [7, 11) is 0. The number of aromatic amines is 1. The molecular weight excluding hydrogens is 370 g/mol. The Hall–Kier alpha value is -3.20. The summed E-state index contributed by atoms with van der Waals surface area (Å²) >= 11 is 6.29. The lowest BCUT2D eigenvalue weighted by atomic mass is 9.99. The maximum Gasteiger partial charge on any atom is 0.312 e. The fourth-order valence-electron chi connectivity index (χ4n) is 3.43. The van der Waals surface area contributed by atoms with Crippen LogP contribution in [-0.4, -0.2) is 47.1 Å². The number of nitrogens with zero attached hydrogens (tertiary/aromatic N) is 6. The summed E-state index contributed by atoms with van der Waals surface area (Å²) in [4.78, 5) is 22.3. The molecule has 0 radical (unpaired) electrons. The molecule has 5 heterocycles. The molecule has 4 aromatic heterocycles. The fraction of sp³-hybridized carbons (Fsp3) is 0.235. The molecule has 1 atom stereocenters. The van der Waals surface area contributed by atoms with E-state index in [1.54, 1.807) is 28.7 Å². The minimum Gasteiger partial charge on any atom is -0.417 e. The zero-order valence-electron chi connectivity index (χ0n) is 14.3. The van der Waals surface area contributed by atoms with Gasteiger partial charge in [0.2, 0.25) is 5.89 Å². The van der Waals surface area contributed by atoms with Crippen LogP contribution in [-0.2, 0) is 6.42 Å². The first-order valence-electron chi connectivity index (χ1n) is 8.39. The number of pyridine rings is 1. The number of hydrogen-bond acceptors (Lipinski definition) is 6. The molecule has 9 nitrogen and oxygen atoms in total. The van der Waals surface area contributed by atoms with Crippen LogP contribution in [0.5, 0.6) is 0 Å². The quantitative estimate of drug-likeness (QED) is 0.568. The topological polar surface area (TPSA) is 105 Å². The van der Waals surface area contributed by atoms with Crippen LogP contribution < -0.4 is 0 Å². The van der Waals surface area contributed by atoms with Gasteiger partial charge in [-0.25, -0.2) is 9.50 Å². The second kappa shape index (κ2) is 5.92. The third-order valence-corrected chi connectivity index (χ3v) is 4.96. The Bertz CT molecular complexity index is 1160. The highest BCUT2D eigenvalue weighted by Crippen LogP contribution is 2.34. The van der Waals surface area contributed by atoms with Gasteiger partial charge in [0.1, 0.15) is 6.04 Å². The largest absolute Gasteiger partial charge is 0.417 e. The summed E-state index contributed by atoms with van der Waals surface area (Å²) in [6.45, 7) is 2.12. The summed E-state index contributed by atoms with van der Waals surface area (Å²) in [5.41, 5.74) is 3.16. The number of nitrogens with one attached hydrogen (secondary N) is 1. The van der Waals surface area contributed by atoms with Crippen molar-refractivity contribution in [3.05, 3.63) is 64.6 Å². The molecule has 4 aromatic rings. The number of aromatic nitrogens is 6. The molecule has 5 rings (SSSR count). The number of aryl methyl sites for hydroxylation is 1. The van der Waals surface area contributed by atoms with E-state index in [4.69, 9.17) is 16.0 Å². The van der Waals surface area contributed by atoms with E-state index in [-0.39, 0.29) is 11.8 Å². The molecule has 0 bridgehead atoms. The van der Waals surface area contributed by atoms with E-state index in [2.05, 4.69) is 25.3 Å². The van der Waals surface area contributed by atoms with E-state index >= 15 is 0 Å². The van der Waals surface area contributed by atoms with Gasteiger partial charge in [-0.2, -0.15) is 5.10 Å². The Morgan fingerprint density at radius 2 is 2.30 bits per heavy atom. The number of H-pyrrole nitrogens is 1. The van der Waals surface area contributed by atoms with E-state index in [9.17, 15) is 4.79 Å². The van der Waals surface area contributed by atoms with E-state index in [1.807, 2.05) is 18.3 Å². The normalized spacial score (nSPS) is 16.7. The van der Waals surface area contributed by atoms with Gasteiger partial charge in [0.15, 0.2) is 0 Å². The Kier molecular flexibility index (Phi) is 3.51. The highest BCUT2D eigenvalue weighted by molar-refractivity contribution is 6.33. The van der Waals surface area contributed by atoms with Gasteiger partial charge < -0.3 is 14.3 Å². The van der Waals surface area contributed by atoms with Crippen LogP contribution in [0.1, 0.15) is 39.7 Å². The fourth-order valence-corrected chi connectivity index (χ4v) is 3.65. The monoisotopic (exact) mass is 383 g/mol. The van der Waals surface area contributed by atoms with Crippen LogP contribution >= 0.6 is 11.6 Å². The van der Waals surface area contributed by atoms with Crippen molar-refractivity contribution in [2.45, 2.75) is 19.4 Å². The molecule has 27 heavy (non-hydrogen) atoms. The summed E-state index contributed by atoms with van der Waals surface area (Å²) in [5.74, 6) is -0.0532. The van der Waals surface area contributed by atoms with Crippen LogP contribution in [0.3, 0.4) is 0 Å². The third kappa shape index (κ3) is 2.50. The lowest BCUT2D eigenvalue weighted by Crippen LogP contribution is -2.41. The van der Waals surface area contributed by atoms with Gasteiger partial charge in [0.25, 0.3) is 0 Å². The highest BCUT2D eigenvalue weighted by Gasteiger charge is 2.38. The molecule has 1 N–H and O–H groups in total. The van der Waals surface area contributed by atoms with Gasteiger partial charge >= 0.3 is 11.8 Å². The maximum atomic E-state index is 13.0. The summed E-state index contributed by atoms with van der Waals surface area (Å²) < 4.78 is 7.03. The molecule has 10 heteroatoms. The lowest BCUT2D eigenvalue weighted by Gasteiger charge is -2.32. The van der Waals surface area contributed by atoms with Gasteiger partial charge in [-0.05, 0) is 18.2 Å². The van der Waals surface area contributed by atoms with Gasteiger partial charge in [0.05, 0.1) is 28.3 Å². The number of hydrogen-bond donors (Lipinski definition) is 1. The van der Waals surface area contributed by atoms with Crippen molar-refractivity contribution < 1.29 is 9.21 Å². The molecule has 0 aliphatic carbocycles. The number of rotatable bonds is 2. The maximum absolute atomic E-state index is 13.0. The molecule has 136 valence electrons. The van der Waals surface area contributed by atoms with E-state index < -0.39 is 6.04 Å². The standard InChI is InChI=1S/C17H14ClN7O2/c1-9-21-22-16(27-9)17(26)24-6-4-11-14(20-8-19-11)15(24)12-7-13-10(18)3-2-5-25(13)23-12/h2-3,5,7-8,15H,4,6H2,1H3,(H,19,20)/t15-/m0/s1. The predicted molar refractivity (Wildman–Crippen MR) is 94.4 cm³/mol. The van der Waals surface area contributed by atoms with Crippen molar-refractivity contribution in [3.63, 3.8) is 0 Å². The Morgan fingerprint density at radius 1 is 1.41 bits per heavy atom. The van der Waals surface area contributed by atoms with Gasteiger partial charge in [-0.15, -0.1) is 10.2 Å². The molecular formula is C17H14ClN7O2. The van der Waals surface area contributed by atoms with E-state index in [0.717, 1.165) is 16.9 Å². The van der Waals surface area contributed by atoms with Crippen LogP contribution in [0.15, 0.2) is 35.1 Å². The summed E-state index contributed by atoms with van der Waals surface area (Å²) in [6, 6.07) is 5.01. The molecule has 0 saturated heterocycles. The zero-order chi connectivity index (χ0) is 18.5. The van der Waals surface area contributed by atoms with Crippen molar-refractivity contribution in [2.24, 2.45) is 0 Å². The number of carbonyl (C=O) groups is 1. The molecule has 0 aromatic carbocycles. The zero-order valence-corrected chi connectivity index (χ0v) is 15.0. The van der Waals surface area contributed by atoms with Crippen LogP contribution in [0.25, 0.3) is 5.52 Å². The predicted octanol–water partition coefficient (Wildman–Crippen LogP) is 2.19. The van der Waals surface area contributed by atoms with Gasteiger partial charge in [0, 0.05) is 31.8 Å². The molecule has 0 saturated carbocycles. The average molecular weight is 384 g/mol. The molecule has 0 fully saturated rings. The van der Waals surface area contributed by atoms with Crippen molar-refractivity contribution in [1.29, 1.82) is 0 Å². The van der Waals surface area contributed by atoms with Gasteiger partial charge in [-0.1, -0.05) is 11.6 Å². The minimum absolute atomic E-state index is 0.0433. The summed E-state index contributed by atoms with van der Waals surface area (Å²) in [6.07, 6.45) is 4.09. The minimum atomic E-state index is -0.476. The number of imidazole rings is 1. The molecule has 1 aliphatic rings. The Balaban J connectivity index is 1.64. The second-order valence-corrected chi connectivity index (χ2v) is 6.71. The average Bonchev–Trinajstić information content (AvgIpc) is 3.39. The van der Waals surface area contributed by atoms with Crippen LogP contribution in [0, 0.1) is 6.92 Å². The van der Waals surface area contributed by atoms with Gasteiger partial charge in [-0.3, -0.25) is 4.79 Å². The second-order valence-electron chi connectivity index (χ2n) is 6.30. The number of fused-ring (bicyclic) bond motifs is 2. The van der Waals surface area contributed by atoms with Crippen LogP contribution in [0.2, 0.25) is 5.02 Å². The molecule has 0 unspecified atom stereocenters. The first kappa shape index (κ1) is 16.0. The molecule has 1 aliphatic heterocycles. The number of amides is 1. The van der Waals surface area contributed by atoms with E-state index in [1.165, 1.54) is 0 Å². The third-order valence-electron chi connectivity index (χ3n) is 4.64. The number of carbonyl (C=O) groups excluding carboxylic acids is 1. The van der Waals surface area contributed by atoms with Crippen LogP contribution in [0.4, 0.5) is 0 Å². The summed E-state index contributed by atoms with van der Waals surface area (Å²) in [5, 5.41) is 12.8. The smallest absolute Gasteiger partial charge is 0.312 e. The number of halogens is 1. The molecule has 1 amide bonds. The highest BCUT2D eigenvalue weighted by atomic mass is 35.5. The van der Waals surface area contributed by atoms with Crippen molar-refractivity contribution in [2.75, 3.05) is 6.54 Å². The van der Waals surface area contributed by atoms with Crippen molar-refractivity contribution in [1.82, 2.24) is 34.7 Å². The van der Waals surface area contributed by atoms with Crippen molar-refractivity contribution >= 4 is 23.0 Å². The Labute approximate surface area is 158 Å². The lowest BCUT2D eigenvalue weighted by molar-refractivity contribution is 0.0644. The Morgan fingerprint density at radius 3 is 3.07 bits per heavy atom. The molecule has 0 spiro atoms. The first-order valence-corrected chi connectivity index (χ1v) is 8.76. The SMILES string of the molecule is Cc1nnc(C(=O)N2CCc3[nH]cnc3[C@@H]2c2cc3c(Cl)cccn3n2)o1. The van der Waals surface area contributed by atoms with Crippen molar-refractivity contribution in [3.8, 4) is 0 Å². The van der Waals surface area contributed by atoms with E-state index in [0.29, 0.717) is 29.6 Å². The first-order chi connectivity index (χ1) is 13.1.